The first-order chi connectivity index (χ1) is 13.5. The van der Waals surface area contributed by atoms with E-state index in [4.69, 9.17) is 9.47 Å². The lowest BCUT2D eigenvalue weighted by Crippen LogP contribution is -2.18. The quantitative estimate of drug-likeness (QED) is 0.433. The highest BCUT2D eigenvalue weighted by atomic mass is 79.9. The van der Waals surface area contributed by atoms with Crippen molar-refractivity contribution in [2.24, 2.45) is 0 Å². The number of nitrogens with one attached hydrogen (secondary N) is 1. The van der Waals surface area contributed by atoms with Crippen LogP contribution in [0.4, 0.5) is 5.69 Å². The first kappa shape index (κ1) is 19.6. The Kier molecular flexibility index (Phi) is 6.45. The first-order valence-corrected chi connectivity index (χ1v) is 9.36. The molecule has 0 aliphatic rings. The van der Waals surface area contributed by atoms with Gasteiger partial charge in [0.25, 0.3) is 5.91 Å². The molecular weight excluding hydrogens is 422 g/mol. The van der Waals surface area contributed by atoms with Crippen molar-refractivity contribution >= 4 is 33.5 Å². The van der Waals surface area contributed by atoms with E-state index in [1.54, 1.807) is 42.5 Å². The van der Waals surface area contributed by atoms with Crippen molar-refractivity contribution < 1.29 is 19.1 Å². The van der Waals surface area contributed by atoms with Crippen LogP contribution < -0.4 is 14.8 Å². The summed E-state index contributed by atoms with van der Waals surface area (Å²) in [6, 6.07) is 21.1. The van der Waals surface area contributed by atoms with Gasteiger partial charge in [-0.15, -0.1) is 0 Å². The Bertz CT molecular complexity index is 972. The second-order valence-corrected chi connectivity index (χ2v) is 6.90. The van der Waals surface area contributed by atoms with Crippen LogP contribution in [0.3, 0.4) is 0 Å². The first-order valence-electron chi connectivity index (χ1n) is 8.57. The number of carbonyl (C=O) groups excluding carboxylic acids is 2. The van der Waals surface area contributed by atoms with Crippen LogP contribution in [0.2, 0.25) is 0 Å². The summed E-state index contributed by atoms with van der Waals surface area (Å²) in [7, 11) is 0. The van der Waals surface area contributed by atoms with Gasteiger partial charge >= 0.3 is 5.97 Å². The van der Waals surface area contributed by atoms with Crippen molar-refractivity contribution in [3.8, 4) is 11.5 Å². The zero-order valence-corrected chi connectivity index (χ0v) is 16.7. The molecule has 6 heteroatoms. The van der Waals surface area contributed by atoms with Crippen molar-refractivity contribution in [3.05, 3.63) is 88.4 Å². The molecule has 3 aromatic carbocycles. The molecule has 0 heterocycles. The maximum Gasteiger partial charge on any atom is 0.349 e. The largest absolute Gasteiger partial charge is 0.481 e. The predicted octanol–water partition coefficient (Wildman–Crippen LogP) is 4.99. The minimum atomic E-state index is -0.533. The van der Waals surface area contributed by atoms with Crippen LogP contribution in [0.1, 0.15) is 15.9 Å². The van der Waals surface area contributed by atoms with Gasteiger partial charge in [-0.1, -0.05) is 24.3 Å². The van der Waals surface area contributed by atoms with Gasteiger partial charge in [0.15, 0.2) is 6.61 Å². The second kappa shape index (κ2) is 9.19. The third-order valence-corrected chi connectivity index (χ3v) is 4.43. The number of aryl methyl sites for hydroxylation is 1. The summed E-state index contributed by atoms with van der Waals surface area (Å²) in [4.78, 5) is 24.2. The van der Waals surface area contributed by atoms with Gasteiger partial charge in [-0.05, 0) is 76.9 Å². The number of rotatable bonds is 6. The minimum Gasteiger partial charge on any atom is -0.481 e. The Balaban J connectivity index is 1.53. The van der Waals surface area contributed by atoms with E-state index in [0.29, 0.717) is 22.7 Å². The normalized spacial score (nSPS) is 10.2. The Morgan fingerprint density at radius 2 is 1.68 bits per heavy atom. The highest BCUT2D eigenvalue weighted by Gasteiger charge is 2.10. The van der Waals surface area contributed by atoms with Crippen LogP contribution in [0.25, 0.3) is 0 Å². The molecule has 1 amide bonds. The van der Waals surface area contributed by atoms with Gasteiger partial charge in [-0.2, -0.15) is 0 Å². The second-order valence-electron chi connectivity index (χ2n) is 6.04. The summed E-state index contributed by atoms with van der Waals surface area (Å²) in [6.45, 7) is 1.74. The number of anilines is 1. The molecule has 3 rings (SSSR count). The van der Waals surface area contributed by atoms with Crippen LogP contribution in [-0.2, 0) is 4.79 Å². The molecule has 0 aromatic heterocycles. The Hall–Kier alpha value is -3.12. The SMILES string of the molecule is Cc1ccc(OCC(=O)Oc2ccc(C(=O)Nc3ccccc3)cc2)c(Br)c1. The molecule has 0 spiro atoms. The molecule has 0 saturated carbocycles. The van der Waals surface area contributed by atoms with Crippen molar-refractivity contribution in [1.82, 2.24) is 0 Å². The van der Waals surface area contributed by atoms with E-state index in [1.807, 2.05) is 37.3 Å². The van der Waals surface area contributed by atoms with Crippen molar-refractivity contribution in [3.63, 3.8) is 0 Å². The summed E-state index contributed by atoms with van der Waals surface area (Å²) in [5, 5.41) is 2.79. The van der Waals surface area contributed by atoms with Crippen LogP contribution in [0, 0.1) is 6.92 Å². The summed E-state index contributed by atoms with van der Waals surface area (Å²) in [5.74, 6) is 0.133. The number of halogens is 1. The number of hydrogen-bond acceptors (Lipinski definition) is 4. The number of ether oxygens (including phenoxy) is 2. The fraction of sp³-hybridized carbons (Fsp3) is 0.0909. The lowest BCUT2D eigenvalue weighted by atomic mass is 10.2. The summed E-state index contributed by atoms with van der Waals surface area (Å²) in [6.07, 6.45) is 0. The van der Waals surface area contributed by atoms with E-state index < -0.39 is 5.97 Å². The van der Waals surface area contributed by atoms with Gasteiger partial charge in [-0.25, -0.2) is 4.79 Å². The van der Waals surface area contributed by atoms with Crippen LogP contribution >= 0.6 is 15.9 Å². The maximum absolute atomic E-state index is 12.2. The van der Waals surface area contributed by atoms with Gasteiger partial charge in [0, 0.05) is 11.3 Å². The van der Waals surface area contributed by atoms with E-state index in [9.17, 15) is 9.59 Å². The lowest BCUT2D eigenvalue weighted by Gasteiger charge is -2.09. The summed E-state index contributed by atoms with van der Waals surface area (Å²) in [5.41, 5.74) is 2.25. The fourth-order valence-corrected chi connectivity index (χ4v) is 3.03. The Morgan fingerprint density at radius 1 is 0.964 bits per heavy atom. The number of hydrogen-bond donors (Lipinski definition) is 1. The Labute approximate surface area is 171 Å². The molecule has 0 saturated heterocycles. The average Bonchev–Trinajstić information content (AvgIpc) is 2.68. The topological polar surface area (TPSA) is 64.6 Å². The monoisotopic (exact) mass is 439 g/mol. The molecule has 0 aliphatic heterocycles. The summed E-state index contributed by atoms with van der Waals surface area (Å²) < 4.78 is 11.5. The van der Waals surface area contributed by atoms with Crippen LogP contribution in [-0.4, -0.2) is 18.5 Å². The minimum absolute atomic E-state index is 0.224. The predicted molar refractivity (Wildman–Crippen MR) is 111 cm³/mol. The molecule has 1 N–H and O–H groups in total. The lowest BCUT2D eigenvalue weighted by molar-refractivity contribution is -0.136. The van der Waals surface area contributed by atoms with Crippen molar-refractivity contribution in [2.75, 3.05) is 11.9 Å². The Morgan fingerprint density at radius 3 is 2.36 bits per heavy atom. The molecule has 28 heavy (non-hydrogen) atoms. The van der Waals surface area contributed by atoms with Gasteiger partial charge < -0.3 is 14.8 Å². The van der Waals surface area contributed by atoms with Gasteiger partial charge in [0.1, 0.15) is 11.5 Å². The molecule has 0 aliphatic carbocycles. The zero-order chi connectivity index (χ0) is 19.9. The molecule has 0 unspecified atom stereocenters. The molecule has 0 radical (unpaired) electrons. The number of para-hydroxylation sites is 1. The third-order valence-electron chi connectivity index (χ3n) is 3.81. The summed E-state index contributed by atoms with van der Waals surface area (Å²) >= 11 is 3.39. The molecule has 142 valence electrons. The highest BCUT2D eigenvalue weighted by Crippen LogP contribution is 2.25. The van der Waals surface area contributed by atoms with Crippen molar-refractivity contribution in [1.29, 1.82) is 0 Å². The van der Waals surface area contributed by atoms with Crippen molar-refractivity contribution in [2.45, 2.75) is 6.92 Å². The number of benzene rings is 3. The maximum atomic E-state index is 12.2. The van der Waals surface area contributed by atoms with Gasteiger partial charge in [-0.3, -0.25) is 4.79 Å². The van der Waals surface area contributed by atoms with E-state index >= 15 is 0 Å². The van der Waals surface area contributed by atoms with Crippen LogP contribution in [0.15, 0.2) is 77.3 Å². The van der Waals surface area contributed by atoms with Gasteiger partial charge in [0.05, 0.1) is 4.47 Å². The number of esters is 1. The molecule has 0 bridgehead atoms. The molecule has 0 atom stereocenters. The fourth-order valence-electron chi connectivity index (χ4n) is 2.42. The highest BCUT2D eigenvalue weighted by molar-refractivity contribution is 9.10. The van der Waals surface area contributed by atoms with E-state index in [0.717, 1.165) is 10.0 Å². The smallest absolute Gasteiger partial charge is 0.349 e. The third kappa shape index (κ3) is 5.44. The van der Waals surface area contributed by atoms with Crippen LogP contribution in [0.5, 0.6) is 11.5 Å². The average molecular weight is 440 g/mol. The standard InChI is InChI=1S/C22H18BrNO4/c1-15-7-12-20(19(23)13-15)27-14-21(25)28-18-10-8-16(9-11-18)22(26)24-17-5-3-2-4-6-17/h2-13H,14H2,1H3,(H,24,26). The number of amides is 1. The van der Waals surface area contributed by atoms with E-state index in [-0.39, 0.29) is 12.5 Å². The molecule has 5 nitrogen and oxygen atoms in total. The number of carbonyl (C=O) groups is 2. The van der Waals surface area contributed by atoms with Gasteiger partial charge in [0.2, 0.25) is 0 Å². The molecule has 3 aromatic rings. The van der Waals surface area contributed by atoms with E-state index in [2.05, 4.69) is 21.2 Å². The van der Waals surface area contributed by atoms with E-state index in [1.165, 1.54) is 0 Å². The molecule has 0 fully saturated rings. The molecular formula is C22H18BrNO4. The zero-order valence-electron chi connectivity index (χ0n) is 15.1.